The van der Waals surface area contributed by atoms with E-state index in [4.69, 9.17) is 4.74 Å². The first-order valence-electron chi connectivity index (χ1n) is 9.21. The Morgan fingerprint density at radius 3 is 2.76 bits per heavy atom. The Morgan fingerprint density at radius 1 is 1.14 bits per heavy atom. The van der Waals surface area contributed by atoms with Crippen LogP contribution in [0.4, 0.5) is 5.82 Å². The molecule has 146 valence electrons. The Balaban J connectivity index is 1.43. The molecule has 2 heterocycles. The number of carbonyl (C=O) groups is 1. The minimum atomic E-state index is -0.299. The van der Waals surface area contributed by atoms with Crippen LogP contribution >= 0.6 is 0 Å². The van der Waals surface area contributed by atoms with Crippen LogP contribution in [0.5, 0.6) is 5.75 Å². The van der Waals surface area contributed by atoms with Gasteiger partial charge in [-0.3, -0.25) is 14.6 Å². The standard InChI is InChI=1S/C22H21N5O2/c1-15-6-8-16(9-7-15)14-27-11-10-21(26-27)23-22(28)20-13-19(24-25-20)17-4-3-5-18(12-17)29-2/h3-13H,14H2,1-2H3,(H,24,25)(H,23,26,28). The molecule has 7 heteroatoms. The number of aryl methyl sites for hydroxylation is 1. The maximum atomic E-state index is 12.5. The number of nitrogens with zero attached hydrogens (tertiary/aromatic N) is 3. The van der Waals surface area contributed by atoms with Gasteiger partial charge in [-0.15, -0.1) is 0 Å². The van der Waals surface area contributed by atoms with E-state index < -0.39 is 0 Å². The highest BCUT2D eigenvalue weighted by molar-refractivity contribution is 6.02. The molecule has 2 aromatic carbocycles. The van der Waals surface area contributed by atoms with Crippen LogP contribution in [0.3, 0.4) is 0 Å². The molecule has 29 heavy (non-hydrogen) atoms. The first-order valence-corrected chi connectivity index (χ1v) is 9.21. The van der Waals surface area contributed by atoms with Gasteiger partial charge in [-0.05, 0) is 30.7 Å². The minimum Gasteiger partial charge on any atom is -0.497 e. The van der Waals surface area contributed by atoms with Crippen molar-refractivity contribution in [2.45, 2.75) is 13.5 Å². The molecule has 2 aromatic heterocycles. The molecule has 2 N–H and O–H groups in total. The normalized spacial score (nSPS) is 10.7. The van der Waals surface area contributed by atoms with Crippen LogP contribution < -0.4 is 10.1 Å². The maximum Gasteiger partial charge on any atom is 0.274 e. The summed E-state index contributed by atoms with van der Waals surface area (Å²) in [6.07, 6.45) is 1.84. The van der Waals surface area contributed by atoms with Gasteiger partial charge in [-0.1, -0.05) is 42.0 Å². The van der Waals surface area contributed by atoms with Gasteiger partial charge in [0.1, 0.15) is 11.4 Å². The van der Waals surface area contributed by atoms with Gasteiger partial charge in [-0.25, -0.2) is 0 Å². The van der Waals surface area contributed by atoms with Crippen LogP contribution in [0, 0.1) is 6.92 Å². The van der Waals surface area contributed by atoms with Gasteiger partial charge in [0.15, 0.2) is 5.82 Å². The number of carbonyl (C=O) groups excluding carboxylic acids is 1. The number of ether oxygens (including phenoxy) is 1. The topological polar surface area (TPSA) is 84.8 Å². The minimum absolute atomic E-state index is 0.299. The molecule has 1 amide bonds. The monoisotopic (exact) mass is 387 g/mol. The summed E-state index contributed by atoms with van der Waals surface area (Å²) in [4.78, 5) is 12.5. The predicted molar refractivity (Wildman–Crippen MR) is 111 cm³/mol. The van der Waals surface area contributed by atoms with Crippen molar-refractivity contribution in [1.82, 2.24) is 20.0 Å². The first kappa shape index (κ1) is 18.5. The van der Waals surface area contributed by atoms with Crippen molar-refractivity contribution in [2.75, 3.05) is 12.4 Å². The molecule has 0 saturated heterocycles. The Bertz CT molecular complexity index is 1130. The number of benzene rings is 2. The van der Waals surface area contributed by atoms with Crippen molar-refractivity contribution in [2.24, 2.45) is 0 Å². The molecule has 0 aliphatic rings. The summed E-state index contributed by atoms with van der Waals surface area (Å²) in [7, 11) is 1.61. The SMILES string of the molecule is COc1cccc(-c2cc(C(=O)Nc3ccn(Cc4ccc(C)cc4)n3)[nH]n2)c1. The van der Waals surface area contributed by atoms with Gasteiger partial charge in [0.2, 0.25) is 0 Å². The summed E-state index contributed by atoms with van der Waals surface area (Å²) < 4.78 is 7.02. The lowest BCUT2D eigenvalue weighted by atomic mass is 10.1. The van der Waals surface area contributed by atoms with Gasteiger partial charge in [-0.2, -0.15) is 10.2 Å². The highest BCUT2D eigenvalue weighted by Crippen LogP contribution is 2.22. The molecule has 0 bridgehead atoms. The summed E-state index contributed by atoms with van der Waals surface area (Å²) in [5.41, 5.74) is 4.25. The highest BCUT2D eigenvalue weighted by Gasteiger charge is 2.13. The molecule has 0 saturated carbocycles. The van der Waals surface area contributed by atoms with E-state index in [1.807, 2.05) is 30.5 Å². The van der Waals surface area contributed by atoms with Crippen molar-refractivity contribution in [1.29, 1.82) is 0 Å². The number of hydrogen-bond acceptors (Lipinski definition) is 4. The number of amides is 1. The molecular formula is C22H21N5O2. The third-order valence-corrected chi connectivity index (χ3v) is 4.54. The van der Waals surface area contributed by atoms with E-state index in [1.54, 1.807) is 23.9 Å². The van der Waals surface area contributed by atoms with Gasteiger partial charge in [0, 0.05) is 17.8 Å². The summed E-state index contributed by atoms with van der Waals surface area (Å²) in [6, 6.07) is 19.3. The second kappa shape index (κ2) is 8.02. The molecule has 0 spiro atoms. The van der Waals surface area contributed by atoms with E-state index in [1.165, 1.54) is 5.56 Å². The Hall–Kier alpha value is -3.87. The van der Waals surface area contributed by atoms with E-state index in [9.17, 15) is 4.79 Å². The fraction of sp³-hybridized carbons (Fsp3) is 0.136. The summed E-state index contributed by atoms with van der Waals surface area (Å²) in [6.45, 7) is 2.70. The Morgan fingerprint density at radius 2 is 1.97 bits per heavy atom. The average Bonchev–Trinajstić information content (AvgIpc) is 3.40. The van der Waals surface area contributed by atoms with Crippen molar-refractivity contribution < 1.29 is 9.53 Å². The van der Waals surface area contributed by atoms with Gasteiger partial charge >= 0.3 is 0 Å². The number of H-pyrrole nitrogens is 1. The fourth-order valence-electron chi connectivity index (χ4n) is 2.95. The van der Waals surface area contributed by atoms with E-state index in [0.29, 0.717) is 23.8 Å². The van der Waals surface area contributed by atoms with E-state index in [2.05, 4.69) is 51.8 Å². The number of methoxy groups -OCH3 is 1. The molecular weight excluding hydrogens is 366 g/mol. The van der Waals surface area contributed by atoms with E-state index in [0.717, 1.165) is 16.9 Å². The second-order valence-electron chi connectivity index (χ2n) is 6.74. The summed E-state index contributed by atoms with van der Waals surface area (Å²) in [5, 5.41) is 14.2. The van der Waals surface area contributed by atoms with E-state index >= 15 is 0 Å². The molecule has 0 radical (unpaired) electrons. The van der Waals surface area contributed by atoms with Gasteiger partial charge in [0.25, 0.3) is 5.91 Å². The Labute approximate surface area is 168 Å². The second-order valence-corrected chi connectivity index (χ2v) is 6.74. The lowest BCUT2D eigenvalue weighted by Crippen LogP contribution is -2.13. The molecule has 4 rings (SSSR count). The lowest BCUT2D eigenvalue weighted by molar-refractivity contribution is 0.102. The van der Waals surface area contributed by atoms with Crippen LogP contribution in [0.1, 0.15) is 21.6 Å². The zero-order valence-electron chi connectivity index (χ0n) is 16.2. The van der Waals surface area contributed by atoms with E-state index in [-0.39, 0.29) is 5.91 Å². The summed E-state index contributed by atoms with van der Waals surface area (Å²) >= 11 is 0. The molecule has 0 unspecified atom stereocenters. The third-order valence-electron chi connectivity index (χ3n) is 4.54. The van der Waals surface area contributed by atoms with Crippen molar-refractivity contribution in [3.05, 3.63) is 83.7 Å². The number of rotatable bonds is 6. The fourth-order valence-corrected chi connectivity index (χ4v) is 2.95. The molecule has 0 fully saturated rings. The average molecular weight is 387 g/mol. The number of hydrogen-bond donors (Lipinski definition) is 2. The zero-order valence-corrected chi connectivity index (χ0v) is 16.2. The molecule has 7 nitrogen and oxygen atoms in total. The zero-order chi connectivity index (χ0) is 20.2. The number of aromatic nitrogens is 4. The van der Waals surface area contributed by atoms with Crippen LogP contribution in [-0.2, 0) is 6.54 Å². The molecule has 0 aliphatic heterocycles. The maximum absolute atomic E-state index is 12.5. The molecule has 0 aliphatic carbocycles. The number of aromatic amines is 1. The molecule has 4 aromatic rings. The third kappa shape index (κ3) is 4.35. The first-order chi connectivity index (χ1) is 14.1. The van der Waals surface area contributed by atoms with Crippen LogP contribution in [0.15, 0.2) is 66.9 Å². The molecule has 0 atom stereocenters. The van der Waals surface area contributed by atoms with Crippen molar-refractivity contribution in [3.8, 4) is 17.0 Å². The Kier molecular flexibility index (Phi) is 5.11. The summed E-state index contributed by atoms with van der Waals surface area (Å²) in [5.74, 6) is 0.919. The number of nitrogens with one attached hydrogen (secondary N) is 2. The highest BCUT2D eigenvalue weighted by atomic mass is 16.5. The smallest absolute Gasteiger partial charge is 0.274 e. The van der Waals surface area contributed by atoms with Crippen LogP contribution in [-0.4, -0.2) is 33.0 Å². The lowest BCUT2D eigenvalue weighted by Gasteiger charge is -2.03. The largest absolute Gasteiger partial charge is 0.497 e. The van der Waals surface area contributed by atoms with Gasteiger partial charge < -0.3 is 10.1 Å². The predicted octanol–water partition coefficient (Wildman–Crippen LogP) is 3.89. The van der Waals surface area contributed by atoms with Crippen molar-refractivity contribution >= 4 is 11.7 Å². The van der Waals surface area contributed by atoms with Gasteiger partial charge in [0.05, 0.1) is 19.3 Å². The number of anilines is 1. The van der Waals surface area contributed by atoms with Crippen molar-refractivity contribution in [3.63, 3.8) is 0 Å². The quantitative estimate of drug-likeness (QED) is 0.526. The van der Waals surface area contributed by atoms with Crippen LogP contribution in [0.25, 0.3) is 11.3 Å². The van der Waals surface area contributed by atoms with Crippen LogP contribution in [0.2, 0.25) is 0 Å².